The Morgan fingerprint density at radius 1 is 1.48 bits per heavy atom. The Morgan fingerprint density at radius 3 is 2.90 bits per heavy atom. The largest absolute Gasteiger partial charge is 0.481 e. The topological polar surface area (TPSA) is 88.8 Å². The van der Waals surface area contributed by atoms with Crippen molar-refractivity contribution < 1.29 is 23.8 Å². The standard InChI is InChI=1S/C15H21NO5/c1-15(8-4-3-5-11(15)14(18)19)16-13(17)12-7-6-10(21-12)9-20-2/h6-7,11H,3-5,8-9H2,1-2H3,(H,16,17)(H,18,19). The van der Waals surface area contributed by atoms with Crippen LogP contribution in [0.1, 0.15) is 48.9 Å². The average Bonchev–Trinajstić information content (AvgIpc) is 2.87. The average molecular weight is 295 g/mol. The number of carbonyl (C=O) groups excluding carboxylic acids is 1. The summed E-state index contributed by atoms with van der Waals surface area (Å²) < 4.78 is 10.3. The smallest absolute Gasteiger partial charge is 0.308 e. The summed E-state index contributed by atoms with van der Waals surface area (Å²) in [7, 11) is 1.54. The van der Waals surface area contributed by atoms with E-state index in [1.807, 2.05) is 0 Å². The van der Waals surface area contributed by atoms with E-state index in [-0.39, 0.29) is 11.7 Å². The van der Waals surface area contributed by atoms with E-state index in [0.29, 0.717) is 25.2 Å². The fourth-order valence-corrected chi connectivity index (χ4v) is 2.92. The number of carboxylic acid groups (broad SMARTS) is 1. The first-order chi connectivity index (χ1) is 9.96. The normalized spacial score (nSPS) is 25.5. The molecule has 0 saturated heterocycles. The zero-order chi connectivity index (χ0) is 15.5. The molecule has 0 radical (unpaired) electrons. The zero-order valence-corrected chi connectivity index (χ0v) is 12.3. The summed E-state index contributed by atoms with van der Waals surface area (Å²) in [6, 6.07) is 3.25. The van der Waals surface area contributed by atoms with Crippen LogP contribution in [0, 0.1) is 5.92 Å². The van der Waals surface area contributed by atoms with Gasteiger partial charge in [0.15, 0.2) is 5.76 Å². The van der Waals surface area contributed by atoms with Gasteiger partial charge in [-0.2, -0.15) is 0 Å². The van der Waals surface area contributed by atoms with Crippen molar-refractivity contribution >= 4 is 11.9 Å². The highest BCUT2D eigenvalue weighted by Gasteiger charge is 2.42. The monoisotopic (exact) mass is 295 g/mol. The van der Waals surface area contributed by atoms with Crippen LogP contribution < -0.4 is 5.32 Å². The number of rotatable bonds is 5. The van der Waals surface area contributed by atoms with Gasteiger partial charge in [0.1, 0.15) is 12.4 Å². The van der Waals surface area contributed by atoms with E-state index >= 15 is 0 Å². The summed E-state index contributed by atoms with van der Waals surface area (Å²) in [5.41, 5.74) is -0.741. The zero-order valence-electron chi connectivity index (χ0n) is 12.3. The highest BCUT2D eigenvalue weighted by Crippen LogP contribution is 2.34. The highest BCUT2D eigenvalue weighted by atomic mass is 16.5. The SMILES string of the molecule is COCc1ccc(C(=O)NC2(C)CCCCC2C(=O)O)o1. The minimum Gasteiger partial charge on any atom is -0.481 e. The van der Waals surface area contributed by atoms with E-state index in [1.165, 1.54) is 0 Å². The van der Waals surface area contributed by atoms with Gasteiger partial charge < -0.3 is 19.6 Å². The number of carbonyl (C=O) groups is 2. The number of furan rings is 1. The number of hydrogen-bond donors (Lipinski definition) is 2. The van der Waals surface area contributed by atoms with Crippen LogP contribution in [0.15, 0.2) is 16.5 Å². The molecule has 0 bridgehead atoms. The van der Waals surface area contributed by atoms with Gasteiger partial charge in [-0.15, -0.1) is 0 Å². The number of amides is 1. The number of ether oxygens (including phenoxy) is 1. The van der Waals surface area contributed by atoms with Gasteiger partial charge in [0, 0.05) is 7.11 Å². The number of methoxy groups -OCH3 is 1. The third-order valence-electron chi connectivity index (χ3n) is 4.08. The summed E-state index contributed by atoms with van der Waals surface area (Å²) >= 11 is 0. The van der Waals surface area contributed by atoms with Crippen LogP contribution in [0.3, 0.4) is 0 Å². The first-order valence-electron chi connectivity index (χ1n) is 7.09. The van der Waals surface area contributed by atoms with Crippen LogP contribution in [0.5, 0.6) is 0 Å². The second-order valence-electron chi connectivity index (χ2n) is 5.71. The van der Waals surface area contributed by atoms with Gasteiger partial charge in [-0.3, -0.25) is 9.59 Å². The molecule has 0 aliphatic heterocycles. The molecule has 6 nitrogen and oxygen atoms in total. The summed E-state index contributed by atoms with van der Waals surface area (Å²) in [4.78, 5) is 23.7. The van der Waals surface area contributed by atoms with Gasteiger partial charge in [-0.1, -0.05) is 12.8 Å². The molecule has 6 heteroatoms. The van der Waals surface area contributed by atoms with Crippen molar-refractivity contribution in [3.63, 3.8) is 0 Å². The summed E-state index contributed by atoms with van der Waals surface area (Å²) in [6.07, 6.45) is 3.02. The van der Waals surface area contributed by atoms with Gasteiger partial charge >= 0.3 is 5.97 Å². The fourth-order valence-electron chi connectivity index (χ4n) is 2.92. The lowest BCUT2D eigenvalue weighted by molar-refractivity contribution is -0.145. The van der Waals surface area contributed by atoms with Gasteiger partial charge in [-0.05, 0) is 31.9 Å². The van der Waals surface area contributed by atoms with E-state index in [4.69, 9.17) is 9.15 Å². The maximum Gasteiger partial charge on any atom is 0.308 e. The molecule has 2 unspecified atom stereocenters. The molecule has 0 aromatic carbocycles. The molecule has 1 aliphatic rings. The van der Waals surface area contributed by atoms with Crippen molar-refractivity contribution in [3.8, 4) is 0 Å². The molecule has 1 aliphatic carbocycles. The molecule has 1 aromatic rings. The second-order valence-corrected chi connectivity index (χ2v) is 5.71. The number of hydrogen-bond acceptors (Lipinski definition) is 4. The Hall–Kier alpha value is -1.82. The summed E-state index contributed by atoms with van der Waals surface area (Å²) in [5, 5.41) is 12.2. The first-order valence-corrected chi connectivity index (χ1v) is 7.09. The van der Waals surface area contributed by atoms with Gasteiger partial charge in [-0.25, -0.2) is 0 Å². The maximum atomic E-state index is 12.3. The third-order valence-corrected chi connectivity index (χ3v) is 4.08. The lowest BCUT2D eigenvalue weighted by atomic mass is 9.74. The Labute approximate surface area is 123 Å². The van der Waals surface area contributed by atoms with Gasteiger partial charge in [0.25, 0.3) is 5.91 Å². The first kappa shape index (κ1) is 15.6. The van der Waals surface area contributed by atoms with Crippen LogP contribution in [-0.4, -0.2) is 29.6 Å². The number of aliphatic carboxylic acids is 1. The minimum atomic E-state index is -0.864. The number of carboxylic acids is 1. The second kappa shape index (κ2) is 6.30. The molecule has 1 amide bonds. The van der Waals surface area contributed by atoms with Crippen molar-refractivity contribution in [3.05, 3.63) is 23.7 Å². The summed E-state index contributed by atoms with van der Waals surface area (Å²) in [6.45, 7) is 2.09. The molecule has 21 heavy (non-hydrogen) atoms. The molecule has 0 spiro atoms. The Morgan fingerprint density at radius 2 is 2.24 bits per heavy atom. The van der Waals surface area contributed by atoms with Crippen molar-refractivity contribution in [1.29, 1.82) is 0 Å². The molecule has 1 aromatic heterocycles. The predicted octanol–water partition coefficient (Wildman–Crippen LogP) is 2.19. The molecule has 2 rings (SSSR count). The van der Waals surface area contributed by atoms with E-state index in [9.17, 15) is 14.7 Å². The van der Waals surface area contributed by atoms with Crippen molar-refractivity contribution in [2.75, 3.05) is 7.11 Å². The van der Waals surface area contributed by atoms with Crippen LogP contribution in [0.4, 0.5) is 0 Å². The van der Waals surface area contributed by atoms with E-state index in [0.717, 1.165) is 12.8 Å². The predicted molar refractivity (Wildman–Crippen MR) is 74.9 cm³/mol. The molecule has 1 saturated carbocycles. The van der Waals surface area contributed by atoms with Crippen molar-refractivity contribution in [2.24, 2.45) is 5.92 Å². The Bertz CT molecular complexity index is 524. The minimum absolute atomic E-state index is 0.179. The van der Waals surface area contributed by atoms with Crippen molar-refractivity contribution in [2.45, 2.75) is 44.8 Å². The molecule has 1 fully saturated rings. The Balaban J connectivity index is 2.10. The lowest BCUT2D eigenvalue weighted by Crippen LogP contribution is -2.55. The van der Waals surface area contributed by atoms with Crippen molar-refractivity contribution in [1.82, 2.24) is 5.32 Å². The molecule has 1 heterocycles. The van der Waals surface area contributed by atoms with Crippen LogP contribution in [0.25, 0.3) is 0 Å². The van der Waals surface area contributed by atoms with Crippen LogP contribution in [0.2, 0.25) is 0 Å². The van der Waals surface area contributed by atoms with E-state index < -0.39 is 17.4 Å². The van der Waals surface area contributed by atoms with E-state index in [1.54, 1.807) is 26.2 Å². The fraction of sp³-hybridized carbons (Fsp3) is 0.600. The van der Waals surface area contributed by atoms with E-state index in [2.05, 4.69) is 5.32 Å². The van der Waals surface area contributed by atoms with Crippen LogP contribution in [-0.2, 0) is 16.1 Å². The maximum absolute atomic E-state index is 12.3. The van der Waals surface area contributed by atoms with Crippen LogP contribution >= 0.6 is 0 Å². The highest BCUT2D eigenvalue weighted by molar-refractivity contribution is 5.92. The molecular formula is C15H21NO5. The molecule has 2 atom stereocenters. The van der Waals surface area contributed by atoms with Gasteiger partial charge in [0.2, 0.25) is 0 Å². The van der Waals surface area contributed by atoms with Gasteiger partial charge in [0.05, 0.1) is 11.5 Å². The molecular weight excluding hydrogens is 274 g/mol. The number of nitrogens with one attached hydrogen (secondary N) is 1. The summed E-state index contributed by atoms with van der Waals surface area (Å²) in [5.74, 6) is -1.07. The lowest BCUT2D eigenvalue weighted by Gasteiger charge is -2.39. The molecule has 2 N–H and O–H groups in total. The Kier molecular flexibility index (Phi) is 4.67. The third kappa shape index (κ3) is 3.44. The molecule has 116 valence electrons. The quantitative estimate of drug-likeness (QED) is 0.869.